The normalized spacial score (nSPS) is 14.5. The van der Waals surface area contributed by atoms with Crippen molar-refractivity contribution in [3.8, 4) is 0 Å². The van der Waals surface area contributed by atoms with Crippen LogP contribution in [0, 0.1) is 0 Å². The van der Waals surface area contributed by atoms with Gasteiger partial charge in [0.1, 0.15) is 0 Å². The lowest BCUT2D eigenvalue weighted by Crippen LogP contribution is -2.43. The second-order valence-corrected chi connectivity index (χ2v) is 6.15. The molecular weight excluding hydrogens is 316 g/mol. The van der Waals surface area contributed by atoms with Crippen LogP contribution in [0.4, 0.5) is 11.4 Å². The lowest BCUT2D eigenvalue weighted by molar-refractivity contribution is -0.127. The summed E-state index contributed by atoms with van der Waals surface area (Å²) in [5.41, 5.74) is 8.61. The van der Waals surface area contributed by atoms with Gasteiger partial charge in [-0.3, -0.25) is 4.79 Å². The quantitative estimate of drug-likeness (QED) is 0.686. The van der Waals surface area contributed by atoms with E-state index in [4.69, 9.17) is 10.5 Å². The summed E-state index contributed by atoms with van der Waals surface area (Å²) >= 11 is 0. The first-order valence-corrected chi connectivity index (χ1v) is 8.56. The number of carbonyl (C=O) groups is 2. The van der Waals surface area contributed by atoms with Crippen molar-refractivity contribution in [2.24, 2.45) is 0 Å². The Morgan fingerprint density at radius 3 is 2.76 bits per heavy atom. The molecular formula is C20H22N2O3. The molecule has 1 aliphatic rings. The van der Waals surface area contributed by atoms with E-state index < -0.39 is 12.1 Å². The lowest BCUT2D eigenvalue weighted by Gasteiger charge is -2.31. The van der Waals surface area contributed by atoms with E-state index in [0.29, 0.717) is 24.2 Å². The van der Waals surface area contributed by atoms with E-state index in [1.165, 1.54) is 0 Å². The molecule has 2 aromatic carbocycles. The monoisotopic (exact) mass is 338 g/mol. The number of carbonyl (C=O) groups excluding carboxylic acids is 2. The summed E-state index contributed by atoms with van der Waals surface area (Å²) in [6.45, 7) is 2.48. The van der Waals surface area contributed by atoms with Crippen LogP contribution < -0.4 is 10.6 Å². The first-order chi connectivity index (χ1) is 12.1. The predicted molar refractivity (Wildman–Crippen MR) is 97.5 cm³/mol. The number of anilines is 2. The second kappa shape index (κ2) is 7.38. The number of amides is 1. The van der Waals surface area contributed by atoms with Gasteiger partial charge in [-0.2, -0.15) is 0 Å². The Balaban J connectivity index is 1.77. The summed E-state index contributed by atoms with van der Waals surface area (Å²) in [5.74, 6) is -0.704. The third-order valence-electron chi connectivity index (χ3n) is 4.39. The van der Waals surface area contributed by atoms with Crippen LogP contribution in [0.25, 0.3) is 0 Å². The molecule has 0 spiro atoms. The maximum Gasteiger partial charge on any atom is 0.338 e. The van der Waals surface area contributed by atoms with Gasteiger partial charge in [0, 0.05) is 17.9 Å². The molecule has 0 saturated heterocycles. The summed E-state index contributed by atoms with van der Waals surface area (Å²) < 4.78 is 5.49. The van der Waals surface area contributed by atoms with E-state index in [-0.39, 0.29) is 5.91 Å². The van der Waals surface area contributed by atoms with Crippen LogP contribution in [0.15, 0.2) is 48.5 Å². The van der Waals surface area contributed by atoms with Gasteiger partial charge in [-0.15, -0.1) is 0 Å². The van der Waals surface area contributed by atoms with Crippen molar-refractivity contribution in [2.45, 2.75) is 32.3 Å². The van der Waals surface area contributed by atoms with Crippen LogP contribution in [0.2, 0.25) is 0 Å². The second-order valence-electron chi connectivity index (χ2n) is 6.15. The van der Waals surface area contributed by atoms with Gasteiger partial charge in [-0.1, -0.05) is 31.2 Å². The van der Waals surface area contributed by atoms with Crippen molar-refractivity contribution in [2.75, 3.05) is 17.2 Å². The number of ether oxygens (including phenoxy) is 1. The molecule has 5 heteroatoms. The molecule has 25 heavy (non-hydrogen) atoms. The van der Waals surface area contributed by atoms with Gasteiger partial charge in [-0.25, -0.2) is 4.79 Å². The number of aryl methyl sites for hydroxylation is 1. The molecule has 0 radical (unpaired) electrons. The smallest absolute Gasteiger partial charge is 0.338 e. The molecule has 0 saturated carbocycles. The van der Waals surface area contributed by atoms with Crippen LogP contribution in [-0.2, 0) is 16.0 Å². The molecule has 0 aromatic heterocycles. The van der Waals surface area contributed by atoms with Crippen molar-refractivity contribution in [1.82, 2.24) is 0 Å². The first kappa shape index (κ1) is 17.0. The predicted octanol–water partition coefficient (Wildman–Crippen LogP) is 3.18. The fourth-order valence-corrected chi connectivity index (χ4v) is 3.11. The molecule has 1 unspecified atom stereocenters. The molecule has 0 fully saturated rings. The Hall–Kier alpha value is -2.82. The standard InChI is InChI=1S/C20H22N2O3/c1-2-18(25-20(24)15-8-5-10-16(21)13-15)19(23)22-12-6-9-14-7-3-4-11-17(14)22/h3-5,7-8,10-11,13,18H,2,6,9,12,21H2,1H3. The molecule has 0 aliphatic carbocycles. The molecule has 1 atom stereocenters. The van der Waals surface area contributed by atoms with Crippen molar-refractivity contribution in [1.29, 1.82) is 0 Å². The van der Waals surface area contributed by atoms with E-state index in [9.17, 15) is 9.59 Å². The largest absolute Gasteiger partial charge is 0.449 e. The summed E-state index contributed by atoms with van der Waals surface area (Å²) in [5, 5.41) is 0. The van der Waals surface area contributed by atoms with Gasteiger partial charge in [0.05, 0.1) is 5.56 Å². The van der Waals surface area contributed by atoms with Crippen molar-refractivity contribution >= 4 is 23.3 Å². The Labute approximate surface area is 147 Å². The molecule has 130 valence electrons. The topological polar surface area (TPSA) is 72.6 Å². The maximum atomic E-state index is 12.9. The van der Waals surface area contributed by atoms with Crippen LogP contribution in [-0.4, -0.2) is 24.5 Å². The van der Waals surface area contributed by atoms with Crippen LogP contribution in [0.3, 0.4) is 0 Å². The minimum atomic E-state index is -0.805. The van der Waals surface area contributed by atoms with Crippen molar-refractivity contribution in [3.63, 3.8) is 0 Å². The molecule has 1 heterocycles. The zero-order chi connectivity index (χ0) is 17.8. The average molecular weight is 338 g/mol. The Kier molecular flexibility index (Phi) is 5.03. The summed E-state index contributed by atoms with van der Waals surface area (Å²) in [4.78, 5) is 27.0. The Morgan fingerprint density at radius 2 is 2.00 bits per heavy atom. The fourth-order valence-electron chi connectivity index (χ4n) is 3.11. The summed E-state index contributed by atoms with van der Waals surface area (Å²) in [7, 11) is 0. The third kappa shape index (κ3) is 3.65. The number of nitrogen functional groups attached to an aromatic ring is 1. The maximum absolute atomic E-state index is 12.9. The van der Waals surface area contributed by atoms with Gasteiger partial charge in [0.15, 0.2) is 6.10 Å². The first-order valence-electron chi connectivity index (χ1n) is 8.56. The number of esters is 1. The number of hydrogen-bond donors (Lipinski definition) is 1. The van der Waals surface area contributed by atoms with Crippen molar-refractivity contribution < 1.29 is 14.3 Å². The number of nitrogens with two attached hydrogens (primary N) is 1. The SMILES string of the molecule is CCC(OC(=O)c1cccc(N)c1)C(=O)N1CCCc2ccccc21. The van der Waals surface area contributed by atoms with E-state index in [0.717, 1.165) is 24.1 Å². The zero-order valence-electron chi connectivity index (χ0n) is 14.3. The number of fused-ring (bicyclic) bond motifs is 1. The molecule has 2 N–H and O–H groups in total. The highest BCUT2D eigenvalue weighted by Gasteiger charge is 2.30. The van der Waals surface area contributed by atoms with Crippen LogP contribution in [0.5, 0.6) is 0 Å². The molecule has 5 nitrogen and oxygen atoms in total. The number of nitrogens with zero attached hydrogens (tertiary/aromatic N) is 1. The molecule has 3 rings (SSSR count). The highest BCUT2D eigenvalue weighted by Crippen LogP contribution is 2.28. The summed E-state index contributed by atoms with van der Waals surface area (Å²) in [6.07, 6.45) is 1.48. The molecule has 2 aromatic rings. The minimum absolute atomic E-state index is 0.174. The zero-order valence-corrected chi connectivity index (χ0v) is 14.3. The van der Waals surface area contributed by atoms with Crippen LogP contribution in [0.1, 0.15) is 35.7 Å². The highest BCUT2D eigenvalue weighted by atomic mass is 16.5. The number of para-hydroxylation sites is 1. The van der Waals surface area contributed by atoms with Gasteiger partial charge < -0.3 is 15.4 Å². The van der Waals surface area contributed by atoms with Gasteiger partial charge in [0.2, 0.25) is 0 Å². The Bertz CT molecular complexity index is 788. The Morgan fingerprint density at radius 1 is 1.20 bits per heavy atom. The van der Waals surface area contributed by atoms with E-state index in [1.54, 1.807) is 29.2 Å². The number of benzene rings is 2. The van der Waals surface area contributed by atoms with E-state index >= 15 is 0 Å². The third-order valence-corrected chi connectivity index (χ3v) is 4.39. The fraction of sp³-hybridized carbons (Fsp3) is 0.300. The minimum Gasteiger partial charge on any atom is -0.449 e. The summed E-state index contributed by atoms with van der Waals surface area (Å²) in [6, 6.07) is 14.4. The van der Waals surface area contributed by atoms with Gasteiger partial charge in [0.25, 0.3) is 5.91 Å². The molecule has 0 bridgehead atoms. The molecule has 1 amide bonds. The van der Waals surface area contributed by atoms with Crippen LogP contribution >= 0.6 is 0 Å². The number of hydrogen-bond acceptors (Lipinski definition) is 4. The molecule has 1 aliphatic heterocycles. The van der Waals surface area contributed by atoms with Gasteiger partial charge in [-0.05, 0) is 49.1 Å². The highest BCUT2D eigenvalue weighted by molar-refractivity contribution is 6.00. The number of rotatable bonds is 4. The van der Waals surface area contributed by atoms with E-state index in [2.05, 4.69) is 0 Å². The van der Waals surface area contributed by atoms with E-state index in [1.807, 2.05) is 31.2 Å². The lowest BCUT2D eigenvalue weighted by atomic mass is 10.0. The van der Waals surface area contributed by atoms with Gasteiger partial charge >= 0.3 is 5.97 Å². The average Bonchev–Trinajstić information content (AvgIpc) is 2.65. The van der Waals surface area contributed by atoms with Crippen molar-refractivity contribution in [3.05, 3.63) is 59.7 Å².